The molecule has 1 N–H and O–H groups in total. The van der Waals surface area contributed by atoms with E-state index in [1.165, 1.54) is 12.1 Å². The SMILES string of the molecule is Cc1nc(C)c(Cc2ccc(F)cc2)c(N2CCN(C(=O)NC(C)(C)C)CC2)n1. The first-order chi connectivity index (χ1) is 13.6. The minimum absolute atomic E-state index is 0.0289. The lowest BCUT2D eigenvalue weighted by atomic mass is 10.0. The Morgan fingerprint density at radius 2 is 1.69 bits per heavy atom. The van der Waals surface area contributed by atoms with Crippen LogP contribution in [0.15, 0.2) is 24.3 Å². The zero-order valence-electron chi connectivity index (χ0n) is 17.9. The summed E-state index contributed by atoms with van der Waals surface area (Å²) in [6.45, 7) is 12.5. The van der Waals surface area contributed by atoms with Gasteiger partial charge in [0.1, 0.15) is 17.5 Å². The molecule has 0 unspecified atom stereocenters. The number of anilines is 1. The summed E-state index contributed by atoms with van der Waals surface area (Å²) in [7, 11) is 0. The molecule has 0 spiro atoms. The summed E-state index contributed by atoms with van der Waals surface area (Å²) in [5, 5.41) is 3.02. The first-order valence-electron chi connectivity index (χ1n) is 10.0. The van der Waals surface area contributed by atoms with Crippen LogP contribution < -0.4 is 10.2 Å². The van der Waals surface area contributed by atoms with Gasteiger partial charge in [0.15, 0.2) is 0 Å². The predicted molar refractivity (Wildman–Crippen MR) is 113 cm³/mol. The van der Waals surface area contributed by atoms with Gasteiger partial charge in [-0.05, 0) is 52.3 Å². The second-order valence-electron chi connectivity index (χ2n) is 8.62. The standard InChI is InChI=1S/C22H30FN5O/c1-15-19(14-17-6-8-18(23)9-7-17)20(25-16(2)24-15)27-10-12-28(13-11-27)21(29)26-22(3,4)5/h6-9H,10-14H2,1-5H3,(H,26,29). The number of carbonyl (C=O) groups excluding carboxylic acids is 1. The molecule has 2 amide bonds. The molecule has 7 heteroatoms. The highest BCUT2D eigenvalue weighted by Crippen LogP contribution is 2.25. The second-order valence-corrected chi connectivity index (χ2v) is 8.62. The molecule has 1 aliphatic heterocycles. The van der Waals surface area contributed by atoms with Crippen molar-refractivity contribution in [1.29, 1.82) is 0 Å². The summed E-state index contributed by atoms with van der Waals surface area (Å²) < 4.78 is 13.3. The summed E-state index contributed by atoms with van der Waals surface area (Å²) in [5.74, 6) is 1.40. The lowest BCUT2D eigenvalue weighted by molar-refractivity contribution is 0.185. The Kier molecular flexibility index (Phi) is 6.05. The molecular weight excluding hydrogens is 369 g/mol. The van der Waals surface area contributed by atoms with Gasteiger partial charge in [0.2, 0.25) is 0 Å². The van der Waals surface area contributed by atoms with E-state index in [9.17, 15) is 9.18 Å². The monoisotopic (exact) mass is 399 g/mol. The molecule has 2 aromatic rings. The van der Waals surface area contributed by atoms with E-state index >= 15 is 0 Å². The van der Waals surface area contributed by atoms with Crippen LogP contribution in [0.4, 0.5) is 15.0 Å². The highest BCUT2D eigenvalue weighted by molar-refractivity contribution is 5.75. The number of urea groups is 1. The van der Waals surface area contributed by atoms with Crippen molar-refractivity contribution in [3.8, 4) is 0 Å². The fourth-order valence-corrected chi connectivity index (χ4v) is 3.51. The third kappa shape index (κ3) is 5.43. The number of halogens is 1. The quantitative estimate of drug-likeness (QED) is 0.859. The number of amides is 2. The van der Waals surface area contributed by atoms with E-state index in [2.05, 4.69) is 15.2 Å². The first-order valence-corrected chi connectivity index (χ1v) is 10.0. The Labute approximate surface area is 172 Å². The van der Waals surface area contributed by atoms with Gasteiger partial charge in [-0.15, -0.1) is 0 Å². The molecule has 29 heavy (non-hydrogen) atoms. The molecular formula is C22H30FN5O. The Bertz CT molecular complexity index is 868. The number of nitrogens with one attached hydrogen (secondary N) is 1. The lowest BCUT2D eigenvalue weighted by Gasteiger charge is -2.37. The highest BCUT2D eigenvalue weighted by atomic mass is 19.1. The van der Waals surface area contributed by atoms with E-state index < -0.39 is 0 Å². The maximum Gasteiger partial charge on any atom is 0.317 e. The molecule has 0 aliphatic carbocycles. The summed E-state index contributed by atoms with van der Waals surface area (Å²) in [6, 6.07) is 6.52. The maximum atomic E-state index is 13.3. The van der Waals surface area contributed by atoms with E-state index in [0.29, 0.717) is 32.6 Å². The Morgan fingerprint density at radius 3 is 2.28 bits per heavy atom. The number of rotatable bonds is 3. The van der Waals surface area contributed by atoms with Crippen molar-refractivity contribution < 1.29 is 9.18 Å². The number of piperazine rings is 1. The van der Waals surface area contributed by atoms with Crippen LogP contribution in [0.3, 0.4) is 0 Å². The molecule has 1 aromatic heterocycles. The molecule has 0 atom stereocenters. The molecule has 2 heterocycles. The van der Waals surface area contributed by atoms with Crippen molar-refractivity contribution in [2.24, 2.45) is 0 Å². The van der Waals surface area contributed by atoms with Gasteiger partial charge in [0.25, 0.3) is 0 Å². The molecule has 0 radical (unpaired) electrons. The Morgan fingerprint density at radius 1 is 1.07 bits per heavy atom. The maximum absolute atomic E-state index is 13.3. The molecule has 3 rings (SSSR count). The molecule has 156 valence electrons. The average Bonchev–Trinajstić information content (AvgIpc) is 2.64. The van der Waals surface area contributed by atoms with Crippen LogP contribution in [0.5, 0.6) is 0 Å². The number of hydrogen-bond donors (Lipinski definition) is 1. The van der Waals surface area contributed by atoms with Gasteiger partial charge < -0.3 is 15.1 Å². The Balaban J connectivity index is 1.77. The van der Waals surface area contributed by atoms with Crippen LogP contribution >= 0.6 is 0 Å². The molecule has 1 fully saturated rings. The lowest BCUT2D eigenvalue weighted by Crippen LogP contribution is -2.55. The van der Waals surface area contributed by atoms with Crippen LogP contribution in [-0.2, 0) is 6.42 Å². The van der Waals surface area contributed by atoms with Gasteiger partial charge in [0.05, 0.1) is 0 Å². The number of nitrogens with zero attached hydrogens (tertiary/aromatic N) is 4. The minimum Gasteiger partial charge on any atom is -0.353 e. The zero-order valence-corrected chi connectivity index (χ0v) is 17.9. The van der Waals surface area contributed by atoms with Gasteiger partial charge >= 0.3 is 6.03 Å². The van der Waals surface area contributed by atoms with E-state index in [4.69, 9.17) is 4.98 Å². The zero-order chi connectivity index (χ0) is 21.2. The second kappa shape index (κ2) is 8.35. The van der Waals surface area contributed by atoms with Gasteiger partial charge in [-0.2, -0.15) is 0 Å². The fraction of sp³-hybridized carbons (Fsp3) is 0.500. The van der Waals surface area contributed by atoms with E-state index in [1.54, 1.807) is 12.1 Å². The number of carbonyl (C=O) groups is 1. The van der Waals surface area contributed by atoms with Crippen LogP contribution in [0.25, 0.3) is 0 Å². The molecule has 1 aromatic carbocycles. The summed E-state index contributed by atoms with van der Waals surface area (Å²) in [6.07, 6.45) is 0.645. The first kappa shape index (κ1) is 21.0. The van der Waals surface area contributed by atoms with Crippen molar-refractivity contribution in [1.82, 2.24) is 20.2 Å². The summed E-state index contributed by atoms with van der Waals surface area (Å²) in [4.78, 5) is 25.8. The van der Waals surface area contributed by atoms with Crippen molar-refractivity contribution >= 4 is 11.8 Å². The molecule has 0 bridgehead atoms. The van der Waals surface area contributed by atoms with Crippen LogP contribution in [0.2, 0.25) is 0 Å². The normalized spacial score (nSPS) is 14.8. The Hall–Kier alpha value is -2.70. The number of aromatic nitrogens is 2. The highest BCUT2D eigenvalue weighted by Gasteiger charge is 2.26. The van der Waals surface area contributed by atoms with E-state index in [0.717, 1.165) is 28.5 Å². The molecule has 6 nitrogen and oxygen atoms in total. The van der Waals surface area contributed by atoms with E-state index in [-0.39, 0.29) is 17.4 Å². The average molecular weight is 400 g/mol. The smallest absolute Gasteiger partial charge is 0.317 e. The van der Waals surface area contributed by atoms with E-state index in [1.807, 2.05) is 39.5 Å². The topological polar surface area (TPSA) is 61.4 Å². The van der Waals surface area contributed by atoms with Gasteiger partial charge in [0, 0.05) is 49.4 Å². The summed E-state index contributed by atoms with van der Waals surface area (Å²) in [5.41, 5.74) is 2.75. The van der Waals surface area contributed by atoms with Crippen LogP contribution in [-0.4, -0.2) is 52.6 Å². The number of hydrogen-bond acceptors (Lipinski definition) is 4. The van der Waals surface area contributed by atoms with Crippen molar-refractivity contribution in [3.63, 3.8) is 0 Å². The molecule has 0 saturated carbocycles. The number of benzene rings is 1. The van der Waals surface area contributed by atoms with Crippen LogP contribution in [0, 0.1) is 19.7 Å². The van der Waals surface area contributed by atoms with Crippen molar-refractivity contribution in [2.45, 2.75) is 46.6 Å². The largest absolute Gasteiger partial charge is 0.353 e. The van der Waals surface area contributed by atoms with Gasteiger partial charge in [-0.3, -0.25) is 0 Å². The van der Waals surface area contributed by atoms with Gasteiger partial charge in [-0.25, -0.2) is 19.2 Å². The predicted octanol–water partition coefficient (Wildman–Crippen LogP) is 3.45. The third-order valence-electron chi connectivity index (χ3n) is 4.95. The third-order valence-corrected chi connectivity index (χ3v) is 4.95. The van der Waals surface area contributed by atoms with Crippen LogP contribution in [0.1, 0.15) is 43.4 Å². The number of aryl methyl sites for hydroxylation is 2. The molecule has 1 saturated heterocycles. The van der Waals surface area contributed by atoms with Gasteiger partial charge in [-0.1, -0.05) is 12.1 Å². The summed E-state index contributed by atoms with van der Waals surface area (Å²) >= 11 is 0. The van der Waals surface area contributed by atoms with Crippen molar-refractivity contribution in [3.05, 3.63) is 52.7 Å². The minimum atomic E-state index is -0.253. The van der Waals surface area contributed by atoms with Crippen molar-refractivity contribution in [2.75, 3.05) is 31.1 Å². The fourth-order valence-electron chi connectivity index (χ4n) is 3.51. The molecule has 1 aliphatic rings.